The standard InChI is InChI=1S/C17H19N3O4S/c1-25(23,24)15-9-5-8-14(10-15)18-12-16(21)20-17(22)19-11-13-6-3-2-4-7-13/h2-10,18H,11-12H2,1H3,(H2,19,20,21,22). The molecular weight excluding hydrogens is 342 g/mol. The molecule has 0 aliphatic carbocycles. The van der Waals surface area contributed by atoms with E-state index in [0.29, 0.717) is 12.2 Å². The molecule has 25 heavy (non-hydrogen) atoms. The number of benzene rings is 2. The van der Waals surface area contributed by atoms with Crippen molar-refractivity contribution < 1.29 is 18.0 Å². The van der Waals surface area contributed by atoms with E-state index in [2.05, 4.69) is 16.0 Å². The van der Waals surface area contributed by atoms with Crippen LogP contribution in [0.4, 0.5) is 10.5 Å². The Hall–Kier alpha value is -2.87. The Morgan fingerprint density at radius 2 is 1.72 bits per heavy atom. The van der Waals surface area contributed by atoms with Gasteiger partial charge in [-0.3, -0.25) is 10.1 Å². The maximum Gasteiger partial charge on any atom is 0.321 e. The zero-order valence-corrected chi connectivity index (χ0v) is 14.5. The molecule has 3 amide bonds. The quantitative estimate of drug-likeness (QED) is 0.724. The lowest BCUT2D eigenvalue weighted by molar-refractivity contribution is -0.118. The smallest absolute Gasteiger partial charge is 0.321 e. The van der Waals surface area contributed by atoms with Crippen LogP contribution in [-0.4, -0.2) is 33.2 Å². The number of imide groups is 1. The fourth-order valence-corrected chi connectivity index (χ4v) is 2.68. The zero-order valence-electron chi connectivity index (χ0n) is 13.7. The zero-order chi connectivity index (χ0) is 18.3. The number of hydrogen-bond donors (Lipinski definition) is 3. The number of urea groups is 1. The molecule has 2 rings (SSSR count). The van der Waals surface area contributed by atoms with Gasteiger partial charge in [-0.15, -0.1) is 0 Å². The fourth-order valence-electron chi connectivity index (χ4n) is 2.01. The van der Waals surface area contributed by atoms with Crippen molar-refractivity contribution in [3.63, 3.8) is 0 Å². The molecule has 0 unspecified atom stereocenters. The van der Waals surface area contributed by atoms with Crippen molar-refractivity contribution in [1.82, 2.24) is 10.6 Å². The Morgan fingerprint density at radius 1 is 1.00 bits per heavy atom. The van der Waals surface area contributed by atoms with Gasteiger partial charge in [0.1, 0.15) is 0 Å². The summed E-state index contributed by atoms with van der Waals surface area (Å²) in [4.78, 5) is 23.6. The van der Waals surface area contributed by atoms with Crippen LogP contribution in [-0.2, 0) is 21.2 Å². The number of sulfone groups is 1. The molecule has 2 aromatic carbocycles. The van der Waals surface area contributed by atoms with Crippen LogP contribution in [0.15, 0.2) is 59.5 Å². The van der Waals surface area contributed by atoms with Gasteiger partial charge in [-0.25, -0.2) is 13.2 Å². The average molecular weight is 361 g/mol. The van der Waals surface area contributed by atoms with E-state index in [9.17, 15) is 18.0 Å². The highest BCUT2D eigenvalue weighted by molar-refractivity contribution is 7.90. The summed E-state index contributed by atoms with van der Waals surface area (Å²) in [6, 6.07) is 14.8. The van der Waals surface area contributed by atoms with Gasteiger partial charge in [0.05, 0.1) is 11.4 Å². The van der Waals surface area contributed by atoms with Gasteiger partial charge in [-0.2, -0.15) is 0 Å². The molecule has 0 heterocycles. The van der Waals surface area contributed by atoms with Crippen molar-refractivity contribution in [3.8, 4) is 0 Å². The summed E-state index contributed by atoms with van der Waals surface area (Å²) in [7, 11) is -3.32. The van der Waals surface area contributed by atoms with E-state index in [-0.39, 0.29) is 11.4 Å². The van der Waals surface area contributed by atoms with Gasteiger partial charge in [-0.05, 0) is 23.8 Å². The van der Waals surface area contributed by atoms with E-state index in [1.165, 1.54) is 12.1 Å². The summed E-state index contributed by atoms with van der Waals surface area (Å²) < 4.78 is 23.0. The molecule has 3 N–H and O–H groups in total. The molecular formula is C17H19N3O4S. The molecule has 0 atom stereocenters. The monoisotopic (exact) mass is 361 g/mol. The van der Waals surface area contributed by atoms with Gasteiger partial charge in [0.25, 0.3) is 0 Å². The molecule has 2 aromatic rings. The van der Waals surface area contributed by atoms with Crippen LogP contribution in [0.2, 0.25) is 0 Å². The van der Waals surface area contributed by atoms with Crippen molar-refractivity contribution in [1.29, 1.82) is 0 Å². The van der Waals surface area contributed by atoms with E-state index in [1.807, 2.05) is 30.3 Å². The Labute approximate surface area is 146 Å². The second-order valence-electron chi connectivity index (χ2n) is 5.37. The van der Waals surface area contributed by atoms with Crippen LogP contribution in [0.5, 0.6) is 0 Å². The van der Waals surface area contributed by atoms with Crippen molar-refractivity contribution >= 4 is 27.5 Å². The highest BCUT2D eigenvalue weighted by Gasteiger charge is 2.09. The van der Waals surface area contributed by atoms with Gasteiger partial charge in [-0.1, -0.05) is 36.4 Å². The van der Waals surface area contributed by atoms with Crippen molar-refractivity contribution in [3.05, 3.63) is 60.2 Å². The predicted molar refractivity (Wildman–Crippen MR) is 94.9 cm³/mol. The summed E-state index contributed by atoms with van der Waals surface area (Å²) in [5.74, 6) is -0.532. The summed E-state index contributed by atoms with van der Waals surface area (Å²) in [5, 5.41) is 7.55. The third kappa shape index (κ3) is 6.27. The SMILES string of the molecule is CS(=O)(=O)c1cccc(NCC(=O)NC(=O)NCc2ccccc2)c1. The van der Waals surface area contributed by atoms with Gasteiger partial charge < -0.3 is 10.6 Å². The molecule has 0 saturated heterocycles. The second-order valence-corrected chi connectivity index (χ2v) is 7.39. The first-order chi connectivity index (χ1) is 11.8. The van der Waals surface area contributed by atoms with E-state index in [0.717, 1.165) is 11.8 Å². The summed E-state index contributed by atoms with van der Waals surface area (Å²) in [5.41, 5.74) is 1.39. The molecule has 0 saturated carbocycles. The number of nitrogens with one attached hydrogen (secondary N) is 3. The molecule has 0 spiro atoms. The molecule has 0 radical (unpaired) electrons. The lowest BCUT2D eigenvalue weighted by Gasteiger charge is -2.09. The minimum absolute atomic E-state index is 0.151. The second kappa shape index (κ2) is 8.29. The molecule has 0 bridgehead atoms. The summed E-state index contributed by atoms with van der Waals surface area (Å²) in [6.07, 6.45) is 1.11. The first kappa shape index (κ1) is 18.5. The average Bonchev–Trinajstić information content (AvgIpc) is 2.59. The number of carbonyl (C=O) groups is 2. The third-order valence-corrected chi connectivity index (χ3v) is 4.37. The lowest BCUT2D eigenvalue weighted by Crippen LogP contribution is -2.41. The van der Waals surface area contributed by atoms with Crippen molar-refractivity contribution in [2.75, 3.05) is 18.1 Å². The number of anilines is 1. The summed E-state index contributed by atoms with van der Waals surface area (Å²) in [6.45, 7) is 0.149. The first-order valence-electron chi connectivity index (χ1n) is 7.50. The molecule has 0 aliphatic rings. The topological polar surface area (TPSA) is 104 Å². The van der Waals surface area contributed by atoms with Crippen LogP contribution < -0.4 is 16.0 Å². The number of amides is 3. The molecule has 8 heteroatoms. The van der Waals surface area contributed by atoms with Gasteiger partial charge in [0.15, 0.2) is 9.84 Å². The van der Waals surface area contributed by atoms with Gasteiger partial charge >= 0.3 is 6.03 Å². The maximum absolute atomic E-state index is 11.8. The van der Waals surface area contributed by atoms with Crippen LogP contribution >= 0.6 is 0 Å². The van der Waals surface area contributed by atoms with E-state index >= 15 is 0 Å². The Kier molecular flexibility index (Phi) is 6.13. The minimum Gasteiger partial charge on any atom is -0.376 e. The van der Waals surface area contributed by atoms with Crippen molar-refractivity contribution in [2.45, 2.75) is 11.4 Å². The van der Waals surface area contributed by atoms with Crippen LogP contribution in [0.25, 0.3) is 0 Å². The van der Waals surface area contributed by atoms with E-state index < -0.39 is 21.8 Å². The molecule has 7 nitrogen and oxygen atoms in total. The van der Waals surface area contributed by atoms with Crippen LogP contribution in [0, 0.1) is 0 Å². The largest absolute Gasteiger partial charge is 0.376 e. The normalized spacial score (nSPS) is 10.8. The van der Waals surface area contributed by atoms with Gasteiger partial charge in [0, 0.05) is 18.5 Å². The minimum atomic E-state index is -3.32. The Bertz CT molecular complexity index is 851. The number of hydrogen-bond acceptors (Lipinski definition) is 5. The van der Waals surface area contributed by atoms with Gasteiger partial charge in [0.2, 0.25) is 5.91 Å². The van der Waals surface area contributed by atoms with Crippen LogP contribution in [0.3, 0.4) is 0 Å². The lowest BCUT2D eigenvalue weighted by atomic mass is 10.2. The van der Waals surface area contributed by atoms with Crippen LogP contribution in [0.1, 0.15) is 5.56 Å². The fraction of sp³-hybridized carbons (Fsp3) is 0.176. The maximum atomic E-state index is 11.8. The molecule has 0 aromatic heterocycles. The number of carbonyl (C=O) groups excluding carboxylic acids is 2. The molecule has 0 aliphatic heterocycles. The number of rotatable bonds is 6. The first-order valence-corrected chi connectivity index (χ1v) is 9.39. The third-order valence-electron chi connectivity index (χ3n) is 3.26. The molecule has 0 fully saturated rings. The highest BCUT2D eigenvalue weighted by Crippen LogP contribution is 2.14. The van der Waals surface area contributed by atoms with E-state index in [1.54, 1.807) is 12.1 Å². The van der Waals surface area contributed by atoms with E-state index in [4.69, 9.17) is 0 Å². The molecule has 132 valence electrons. The Morgan fingerprint density at radius 3 is 2.40 bits per heavy atom. The summed E-state index contributed by atoms with van der Waals surface area (Å²) >= 11 is 0. The Balaban J connectivity index is 1.79. The highest BCUT2D eigenvalue weighted by atomic mass is 32.2. The predicted octanol–water partition coefficient (Wildman–Crippen LogP) is 1.53. The van der Waals surface area contributed by atoms with Crippen molar-refractivity contribution in [2.24, 2.45) is 0 Å².